The van der Waals surface area contributed by atoms with E-state index < -0.39 is 22.0 Å². The quantitative estimate of drug-likeness (QED) is 0.623. The minimum Gasteiger partial charge on any atom is -0.446 e. The van der Waals surface area contributed by atoms with Crippen LogP contribution in [0.25, 0.3) is 0 Å². The van der Waals surface area contributed by atoms with Gasteiger partial charge in [-0.05, 0) is 59.8 Å². The van der Waals surface area contributed by atoms with Crippen molar-refractivity contribution in [2.24, 2.45) is 11.8 Å². The Labute approximate surface area is 202 Å². The van der Waals surface area contributed by atoms with Crippen molar-refractivity contribution in [3.8, 4) is 0 Å². The summed E-state index contributed by atoms with van der Waals surface area (Å²) in [5.41, 5.74) is 0.491. The third-order valence-corrected chi connectivity index (χ3v) is 7.72. The Hall–Kier alpha value is -2.14. The largest absolute Gasteiger partial charge is 0.446 e. The van der Waals surface area contributed by atoms with Gasteiger partial charge in [0.15, 0.2) is 0 Å². The van der Waals surface area contributed by atoms with Crippen LogP contribution < -0.4 is 10.6 Å². The standard InChI is InChI=1S/C23H39N5O5S/c1-14(2)24-22(30)33-17-9-8-16(10-17)19-11-20(28(26-19)23(4,5)6)25-21(29)18-13-27(12-15(18)3)34(7,31)32/h11,14-18H,8-10,12-13H2,1-7H3,(H,24,30)(H,25,29)/t15?,16-,17+,18?/m0/s1. The molecule has 4 atom stereocenters. The van der Waals surface area contributed by atoms with Crippen molar-refractivity contribution in [2.45, 2.75) is 84.4 Å². The Balaban J connectivity index is 1.72. The second-order valence-electron chi connectivity index (χ2n) is 11.0. The highest BCUT2D eigenvalue weighted by Crippen LogP contribution is 2.37. The predicted molar refractivity (Wildman–Crippen MR) is 130 cm³/mol. The highest BCUT2D eigenvalue weighted by molar-refractivity contribution is 7.88. The SMILES string of the molecule is CC(C)NC(=O)O[C@@H]1CC[C@H](c2cc(NC(=O)C3CN(S(C)(=O)=O)CC3C)n(C(C)(C)C)n2)C1. The molecule has 1 aromatic rings. The molecular weight excluding hydrogens is 458 g/mol. The molecule has 1 aromatic heterocycles. The summed E-state index contributed by atoms with van der Waals surface area (Å²) in [6.07, 6.45) is 2.90. The fraction of sp³-hybridized carbons (Fsp3) is 0.783. The molecule has 0 aromatic carbocycles. The summed E-state index contributed by atoms with van der Waals surface area (Å²) in [4.78, 5) is 25.1. The third-order valence-electron chi connectivity index (χ3n) is 6.48. The van der Waals surface area contributed by atoms with Crippen LogP contribution in [0.4, 0.5) is 10.6 Å². The summed E-state index contributed by atoms with van der Waals surface area (Å²) >= 11 is 0. The maximum atomic E-state index is 13.1. The first kappa shape index (κ1) is 26.5. The highest BCUT2D eigenvalue weighted by atomic mass is 32.2. The Kier molecular flexibility index (Phi) is 7.66. The summed E-state index contributed by atoms with van der Waals surface area (Å²) in [5.74, 6) is 0.0189. The highest BCUT2D eigenvalue weighted by Gasteiger charge is 2.39. The van der Waals surface area contributed by atoms with Crippen LogP contribution in [0.5, 0.6) is 0 Å². The van der Waals surface area contributed by atoms with Gasteiger partial charge in [0.1, 0.15) is 11.9 Å². The van der Waals surface area contributed by atoms with Gasteiger partial charge in [-0.1, -0.05) is 6.92 Å². The number of amides is 2. The van der Waals surface area contributed by atoms with Crippen molar-refractivity contribution in [1.29, 1.82) is 0 Å². The van der Waals surface area contributed by atoms with E-state index in [-0.39, 0.29) is 42.0 Å². The number of rotatable bonds is 6. The lowest BCUT2D eigenvalue weighted by molar-refractivity contribution is -0.120. The van der Waals surface area contributed by atoms with E-state index in [0.717, 1.165) is 18.5 Å². The van der Waals surface area contributed by atoms with Crippen LogP contribution in [0.3, 0.4) is 0 Å². The smallest absolute Gasteiger partial charge is 0.407 e. The zero-order valence-corrected chi connectivity index (χ0v) is 22.1. The molecule has 1 aliphatic carbocycles. The summed E-state index contributed by atoms with van der Waals surface area (Å²) in [6.45, 7) is 12.2. The molecule has 2 unspecified atom stereocenters. The van der Waals surface area contributed by atoms with Crippen molar-refractivity contribution in [3.05, 3.63) is 11.8 Å². The van der Waals surface area contributed by atoms with Crippen molar-refractivity contribution in [3.63, 3.8) is 0 Å². The molecule has 1 aliphatic heterocycles. The number of sulfonamides is 1. The molecule has 1 saturated carbocycles. The average Bonchev–Trinajstić information content (AvgIpc) is 3.38. The number of hydrogen-bond donors (Lipinski definition) is 2. The minimum atomic E-state index is -3.34. The fourth-order valence-electron chi connectivity index (χ4n) is 4.69. The lowest BCUT2D eigenvalue weighted by Gasteiger charge is -2.23. The molecule has 192 valence electrons. The zero-order chi connectivity index (χ0) is 25.4. The Morgan fingerprint density at radius 3 is 2.44 bits per heavy atom. The second-order valence-corrected chi connectivity index (χ2v) is 13.0. The number of carbonyl (C=O) groups is 2. The molecule has 2 heterocycles. The van der Waals surface area contributed by atoms with Crippen molar-refractivity contribution in [1.82, 2.24) is 19.4 Å². The maximum absolute atomic E-state index is 13.1. The van der Waals surface area contributed by atoms with Crippen molar-refractivity contribution >= 4 is 27.8 Å². The number of aromatic nitrogens is 2. The van der Waals surface area contributed by atoms with E-state index >= 15 is 0 Å². The summed E-state index contributed by atoms with van der Waals surface area (Å²) < 4.78 is 32.6. The normalized spacial score (nSPS) is 26.1. The predicted octanol–water partition coefficient (Wildman–Crippen LogP) is 2.87. The molecule has 2 amide bonds. The van der Waals surface area contributed by atoms with Crippen LogP contribution in [0.2, 0.25) is 0 Å². The first-order chi connectivity index (χ1) is 15.6. The number of hydrogen-bond acceptors (Lipinski definition) is 6. The molecule has 34 heavy (non-hydrogen) atoms. The number of alkyl carbamates (subject to hydrolysis) is 1. The zero-order valence-electron chi connectivity index (χ0n) is 21.3. The summed E-state index contributed by atoms with van der Waals surface area (Å²) in [5, 5.41) is 10.6. The van der Waals surface area contributed by atoms with E-state index in [4.69, 9.17) is 9.84 Å². The third kappa shape index (κ3) is 6.29. The number of anilines is 1. The molecule has 0 spiro atoms. The van der Waals surface area contributed by atoms with Crippen LogP contribution in [0, 0.1) is 11.8 Å². The molecular formula is C23H39N5O5S. The Morgan fingerprint density at radius 2 is 1.88 bits per heavy atom. The monoisotopic (exact) mass is 497 g/mol. The first-order valence-corrected chi connectivity index (χ1v) is 13.8. The van der Waals surface area contributed by atoms with Gasteiger partial charge >= 0.3 is 6.09 Å². The maximum Gasteiger partial charge on any atom is 0.407 e. The molecule has 2 fully saturated rings. The van der Waals surface area contributed by atoms with Gasteiger partial charge in [-0.25, -0.2) is 22.2 Å². The molecule has 0 bridgehead atoms. The van der Waals surface area contributed by atoms with Crippen LogP contribution in [-0.4, -0.2) is 66.0 Å². The summed E-state index contributed by atoms with van der Waals surface area (Å²) in [7, 11) is -3.34. The van der Waals surface area contributed by atoms with Gasteiger partial charge in [0, 0.05) is 31.1 Å². The van der Waals surface area contributed by atoms with Gasteiger partial charge in [-0.15, -0.1) is 0 Å². The van der Waals surface area contributed by atoms with E-state index in [1.807, 2.05) is 52.3 Å². The molecule has 0 radical (unpaired) electrons. The van der Waals surface area contributed by atoms with Gasteiger partial charge < -0.3 is 15.4 Å². The van der Waals surface area contributed by atoms with Crippen molar-refractivity contribution in [2.75, 3.05) is 24.7 Å². The van der Waals surface area contributed by atoms with Crippen molar-refractivity contribution < 1.29 is 22.7 Å². The lowest BCUT2D eigenvalue weighted by Crippen LogP contribution is -2.33. The average molecular weight is 498 g/mol. The van der Waals surface area contributed by atoms with E-state index in [9.17, 15) is 18.0 Å². The molecule has 11 heteroatoms. The Morgan fingerprint density at radius 1 is 1.21 bits per heavy atom. The van der Waals surface area contributed by atoms with Gasteiger partial charge in [0.2, 0.25) is 15.9 Å². The molecule has 2 aliphatic rings. The van der Waals surface area contributed by atoms with Crippen LogP contribution in [0.1, 0.15) is 72.4 Å². The topological polar surface area (TPSA) is 123 Å². The van der Waals surface area contributed by atoms with Gasteiger partial charge in [-0.2, -0.15) is 5.10 Å². The second kappa shape index (κ2) is 9.85. The number of nitrogens with one attached hydrogen (secondary N) is 2. The lowest BCUT2D eigenvalue weighted by atomic mass is 9.97. The minimum absolute atomic E-state index is 0.0189. The molecule has 10 nitrogen and oxygen atoms in total. The molecule has 2 N–H and O–H groups in total. The molecule has 3 rings (SSSR count). The van der Waals surface area contributed by atoms with Crippen LogP contribution >= 0.6 is 0 Å². The van der Waals surface area contributed by atoms with Gasteiger partial charge in [0.25, 0.3) is 0 Å². The summed E-state index contributed by atoms with van der Waals surface area (Å²) in [6, 6.07) is 1.92. The van der Waals surface area contributed by atoms with Crippen LogP contribution in [-0.2, 0) is 25.1 Å². The van der Waals surface area contributed by atoms with Gasteiger partial charge in [-0.3, -0.25) is 4.79 Å². The number of carbonyl (C=O) groups excluding carboxylic acids is 2. The van der Waals surface area contributed by atoms with E-state index in [0.29, 0.717) is 18.8 Å². The van der Waals surface area contributed by atoms with Crippen LogP contribution in [0.15, 0.2) is 6.07 Å². The van der Waals surface area contributed by atoms with E-state index in [2.05, 4.69) is 10.6 Å². The van der Waals surface area contributed by atoms with E-state index in [1.165, 1.54) is 10.6 Å². The van der Waals surface area contributed by atoms with Gasteiger partial charge in [0.05, 0.1) is 23.4 Å². The Bertz CT molecular complexity index is 1010. The fourth-order valence-corrected chi connectivity index (χ4v) is 5.63. The van der Waals surface area contributed by atoms with E-state index in [1.54, 1.807) is 0 Å². The molecule has 1 saturated heterocycles. The number of nitrogens with zero attached hydrogens (tertiary/aromatic N) is 3. The first-order valence-electron chi connectivity index (χ1n) is 12.0. The number of ether oxygens (including phenoxy) is 1.